The number of carbonyl (C=O) groups is 2. The van der Waals surface area contributed by atoms with Gasteiger partial charge in [0, 0.05) is 0 Å². The van der Waals surface area contributed by atoms with Crippen LogP contribution in [0.4, 0.5) is 19.0 Å². The Hall–Kier alpha value is -2.45. The van der Waals surface area contributed by atoms with E-state index in [1.54, 1.807) is 0 Å². The zero-order chi connectivity index (χ0) is 17.9. The molecular formula is C16H15F3N4O2. The molecule has 132 valence electrons. The first-order valence-corrected chi connectivity index (χ1v) is 8.09. The SMILES string of the molecule is Cc1cc(C(F)(F)F)nc2[nH]nc(N3C(=O)[C@H]4CCCC[C@H]4C3=O)c12. The summed E-state index contributed by atoms with van der Waals surface area (Å²) in [5.74, 6) is -1.28. The molecular weight excluding hydrogens is 337 g/mol. The largest absolute Gasteiger partial charge is 0.433 e. The van der Waals surface area contributed by atoms with Gasteiger partial charge in [-0.25, -0.2) is 9.88 Å². The summed E-state index contributed by atoms with van der Waals surface area (Å²) < 4.78 is 38.7. The first kappa shape index (κ1) is 16.0. The molecule has 0 unspecified atom stereocenters. The van der Waals surface area contributed by atoms with Crippen molar-refractivity contribution in [3.05, 3.63) is 17.3 Å². The summed E-state index contributed by atoms with van der Waals surface area (Å²) in [6.07, 6.45) is -1.48. The van der Waals surface area contributed by atoms with Gasteiger partial charge in [0.25, 0.3) is 0 Å². The molecule has 0 bridgehead atoms. The molecule has 1 aliphatic heterocycles. The second-order valence-electron chi connectivity index (χ2n) is 6.60. The Morgan fingerprint density at radius 2 is 1.76 bits per heavy atom. The molecule has 1 aliphatic carbocycles. The van der Waals surface area contributed by atoms with Crippen molar-refractivity contribution < 1.29 is 22.8 Å². The van der Waals surface area contributed by atoms with Gasteiger partial charge in [-0.15, -0.1) is 0 Å². The first-order chi connectivity index (χ1) is 11.8. The van der Waals surface area contributed by atoms with E-state index in [-0.39, 0.29) is 46.1 Å². The lowest BCUT2D eigenvalue weighted by atomic mass is 9.81. The van der Waals surface area contributed by atoms with Crippen LogP contribution in [-0.2, 0) is 15.8 Å². The molecule has 1 saturated carbocycles. The topological polar surface area (TPSA) is 79.0 Å². The van der Waals surface area contributed by atoms with Gasteiger partial charge in [-0.2, -0.15) is 18.3 Å². The third-order valence-corrected chi connectivity index (χ3v) is 5.05. The van der Waals surface area contributed by atoms with Gasteiger partial charge in [-0.3, -0.25) is 14.7 Å². The predicted molar refractivity (Wildman–Crippen MR) is 81.6 cm³/mol. The van der Waals surface area contributed by atoms with E-state index in [4.69, 9.17) is 0 Å². The fourth-order valence-corrected chi connectivity index (χ4v) is 3.88. The number of aryl methyl sites for hydroxylation is 1. The number of aromatic amines is 1. The molecule has 6 nitrogen and oxygen atoms in total. The molecule has 2 aliphatic rings. The highest BCUT2D eigenvalue weighted by Crippen LogP contribution is 2.42. The van der Waals surface area contributed by atoms with Crippen LogP contribution in [0.3, 0.4) is 0 Å². The summed E-state index contributed by atoms with van der Waals surface area (Å²) in [5.41, 5.74) is -0.866. The number of nitrogens with one attached hydrogen (secondary N) is 1. The van der Waals surface area contributed by atoms with Crippen LogP contribution in [0.1, 0.15) is 36.9 Å². The Balaban J connectivity index is 1.82. The minimum atomic E-state index is -4.58. The fraction of sp³-hybridized carbons (Fsp3) is 0.500. The van der Waals surface area contributed by atoms with Crippen LogP contribution < -0.4 is 4.90 Å². The number of rotatable bonds is 1. The highest BCUT2D eigenvalue weighted by molar-refractivity contribution is 6.24. The maximum absolute atomic E-state index is 12.9. The zero-order valence-corrected chi connectivity index (χ0v) is 13.4. The second kappa shape index (κ2) is 5.27. The minimum Gasteiger partial charge on any atom is -0.274 e. The Kier molecular flexibility index (Phi) is 3.38. The molecule has 25 heavy (non-hydrogen) atoms. The number of fused-ring (bicyclic) bond motifs is 2. The van der Waals surface area contributed by atoms with Crippen molar-refractivity contribution >= 4 is 28.7 Å². The lowest BCUT2D eigenvalue weighted by Gasteiger charge is -2.19. The van der Waals surface area contributed by atoms with E-state index >= 15 is 0 Å². The molecule has 2 amide bonds. The van der Waals surface area contributed by atoms with Crippen LogP contribution in [0, 0.1) is 18.8 Å². The van der Waals surface area contributed by atoms with Gasteiger partial charge in [-0.1, -0.05) is 12.8 Å². The summed E-state index contributed by atoms with van der Waals surface area (Å²) in [7, 11) is 0. The van der Waals surface area contributed by atoms with Crippen LogP contribution in [0.15, 0.2) is 6.07 Å². The van der Waals surface area contributed by atoms with E-state index in [1.807, 2.05) is 0 Å². The minimum absolute atomic E-state index is 0.0538. The van der Waals surface area contributed by atoms with E-state index in [2.05, 4.69) is 15.2 Å². The molecule has 0 radical (unpaired) electrons. The third kappa shape index (κ3) is 2.32. The predicted octanol–water partition coefficient (Wildman–Crippen LogP) is 2.96. The van der Waals surface area contributed by atoms with Crippen LogP contribution in [0.25, 0.3) is 11.0 Å². The van der Waals surface area contributed by atoms with Crippen molar-refractivity contribution in [2.75, 3.05) is 4.90 Å². The number of carbonyl (C=O) groups excluding carboxylic acids is 2. The van der Waals surface area contributed by atoms with Crippen molar-refractivity contribution in [2.45, 2.75) is 38.8 Å². The molecule has 4 rings (SSSR count). The molecule has 0 spiro atoms. The number of imide groups is 1. The van der Waals surface area contributed by atoms with Crippen LogP contribution in [-0.4, -0.2) is 27.0 Å². The molecule has 2 fully saturated rings. The third-order valence-electron chi connectivity index (χ3n) is 5.05. The van der Waals surface area contributed by atoms with E-state index in [0.717, 1.165) is 23.8 Å². The number of aromatic nitrogens is 3. The zero-order valence-electron chi connectivity index (χ0n) is 13.4. The maximum Gasteiger partial charge on any atom is 0.433 e. The summed E-state index contributed by atoms with van der Waals surface area (Å²) in [4.78, 5) is 29.9. The van der Waals surface area contributed by atoms with Gasteiger partial charge in [0.2, 0.25) is 11.8 Å². The van der Waals surface area contributed by atoms with Crippen LogP contribution >= 0.6 is 0 Å². The number of nitrogens with zero attached hydrogens (tertiary/aromatic N) is 3. The highest BCUT2D eigenvalue weighted by atomic mass is 19.4. The standard InChI is InChI=1S/C16H15F3N4O2/c1-7-6-10(16(17,18)19)20-12-11(7)13(22-21-12)23-14(24)8-4-2-3-5-9(8)15(23)25/h6,8-9H,2-5H2,1H3,(H,20,21,22)/t8-,9+. The van der Waals surface area contributed by atoms with E-state index < -0.39 is 11.9 Å². The van der Waals surface area contributed by atoms with E-state index in [0.29, 0.717) is 12.8 Å². The molecule has 9 heteroatoms. The normalized spacial score (nSPS) is 24.2. The summed E-state index contributed by atoms with van der Waals surface area (Å²) >= 11 is 0. The van der Waals surface area contributed by atoms with Gasteiger partial charge < -0.3 is 0 Å². The number of anilines is 1. The highest BCUT2D eigenvalue weighted by Gasteiger charge is 2.50. The van der Waals surface area contributed by atoms with Crippen molar-refractivity contribution in [1.29, 1.82) is 0 Å². The van der Waals surface area contributed by atoms with Gasteiger partial charge >= 0.3 is 6.18 Å². The summed E-state index contributed by atoms with van der Waals surface area (Å²) in [6, 6.07) is 0.902. The lowest BCUT2D eigenvalue weighted by molar-refractivity contribution is -0.141. The Morgan fingerprint density at radius 1 is 1.16 bits per heavy atom. The van der Waals surface area contributed by atoms with Crippen LogP contribution in [0.2, 0.25) is 0 Å². The number of halogens is 3. The van der Waals surface area contributed by atoms with Gasteiger partial charge in [-0.05, 0) is 31.4 Å². The number of H-pyrrole nitrogens is 1. The number of hydrogen-bond acceptors (Lipinski definition) is 4. The average molecular weight is 352 g/mol. The summed E-state index contributed by atoms with van der Waals surface area (Å²) in [5, 5.41) is 6.65. The second-order valence-corrected chi connectivity index (χ2v) is 6.60. The Morgan fingerprint density at radius 3 is 2.32 bits per heavy atom. The molecule has 0 aromatic carbocycles. The van der Waals surface area contributed by atoms with E-state index in [1.165, 1.54) is 6.92 Å². The van der Waals surface area contributed by atoms with Crippen molar-refractivity contribution in [2.24, 2.45) is 11.8 Å². The quantitative estimate of drug-likeness (QED) is 0.801. The fourth-order valence-electron chi connectivity index (χ4n) is 3.88. The van der Waals surface area contributed by atoms with Gasteiger partial charge in [0.15, 0.2) is 11.5 Å². The molecule has 1 N–H and O–H groups in total. The average Bonchev–Trinajstić information content (AvgIpc) is 3.07. The number of pyridine rings is 1. The Bertz CT molecular complexity index is 865. The van der Waals surface area contributed by atoms with Crippen LogP contribution in [0.5, 0.6) is 0 Å². The van der Waals surface area contributed by atoms with Crippen molar-refractivity contribution in [1.82, 2.24) is 15.2 Å². The molecule has 2 aromatic rings. The van der Waals surface area contributed by atoms with E-state index in [9.17, 15) is 22.8 Å². The van der Waals surface area contributed by atoms with Crippen molar-refractivity contribution in [3.8, 4) is 0 Å². The Labute approximate surface area is 140 Å². The number of amides is 2. The molecule has 2 aromatic heterocycles. The number of alkyl halides is 3. The maximum atomic E-state index is 12.9. The monoisotopic (exact) mass is 352 g/mol. The molecule has 3 heterocycles. The molecule has 2 atom stereocenters. The smallest absolute Gasteiger partial charge is 0.274 e. The van der Waals surface area contributed by atoms with Crippen molar-refractivity contribution in [3.63, 3.8) is 0 Å². The molecule has 1 saturated heterocycles. The number of hydrogen-bond donors (Lipinski definition) is 1. The van der Waals surface area contributed by atoms with Gasteiger partial charge in [0.1, 0.15) is 5.69 Å². The summed E-state index contributed by atoms with van der Waals surface area (Å²) in [6.45, 7) is 1.48. The lowest BCUT2D eigenvalue weighted by Crippen LogP contribution is -2.31. The van der Waals surface area contributed by atoms with Gasteiger partial charge in [0.05, 0.1) is 17.2 Å². The first-order valence-electron chi connectivity index (χ1n) is 8.09.